The van der Waals surface area contributed by atoms with Gasteiger partial charge in [-0.05, 0) is 43.7 Å². The Morgan fingerprint density at radius 3 is 2.96 bits per heavy atom. The quantitative estimate of drug-likeness (QED) is 0.934. The molecule has 1 N–H and O–H groups in total. The van der Waals surface area contributed by atoms with Gasteiger partial charge in [0.1, 0.15) is 5.82 Å². The van der Waals surface area contributed by atoms with Crippen molar-refractivity contribution in [2.24, 2.45) is 5.92 Å². The lowest BCUT2D eigenvalue weighted by molar-refractivity contribution is 0.0672. The number of likely N-dealkylation sites (tertiary alicyclic amines) is 1. The number of nitrogens with zero attached hydrogens (tertiary/aromatic N) is 4. The minimum Gasteiger partial charge on any atom is -0.372 e. The average molecular weight is 325 g/mol. The summed E-state index contributed by atoms with van der Waals surface area (Å²) >= 11 is 0. The lowest BCUT2D eigenvalue weighted by atomic mass is 9.92. The number of carbonyl (C=O) groups excluding carboxylic acids is 1. The number of nitrogens with one attached hydrogen (secondary N) is 1. The Morgan fingerprint density at radius 1 is 1.33 bits per heavy atom. The second kappa shape index (κ2) is 7.38. The van der Waals surface area contributed by atoms with E-state index in [4.69, 9.17) is 0 Å². The smallest absolute Gasteiger partial charge is 0.255 e. The first-order valence-corrected chi connectivity index (χ1v) is 8.36. The van der Waals surface area contributed by atoms with Crippen LogP contribution in [0, 0.1) is 12.8 Å². The molecular formula is C18H23N5O. The van der Waals surface area contributed by atoms with E-state index in [1.54, 1.807) is 24.8 Å². The lowest BCUT2D eigenvalue weighted by Gasteiger charge is -2.33. The molecule has 0 aromatic carbocycles. The van der Waals surface area contributed by atoms with Gasteiger partial charge in [0.05, 0.1) is 11.3 Å². The number of piperidine rings is 1. The molecule has 3 heterocycles. The van der Waals surface area contributed by atoms with E-state index < -0.39 is 0 Å². The Balaban J connectivity index is 1.69. The van der Waals surface area contributed by atoms with Gasteiger partial charge in [0.15, 0.2) is 0 Å². The largest absolute Gasteiger partial charge is 0.372 e. The Hall–Kier alpha value is -2.50. The summed E-state index contributed by atoms with van der Waals surface area (Å²) in [5, 5.41) is 3.09. The molecule has 24 heavy (non-hydrogen) atoms. The van der Waals surface area contributed by atoms with Crippen LogP contribution in [-0.4, -0.2) is 45.9 Å². The van der Waals surface area contributed by atoms with E-state index in [0.29, 0.717) is 11.5 Å². The van der Waals surface area contributed by atoms with Crippen LogP contribution in [0.25, 0.3) is 0 Å². The molecule has 1 fully saturated rings. The molecule has 0 saturated carbocycles. The van der Waals surface area contributed by atoms with Crippen LogP contribution in [0.3, 0.4) is 0 Å². The number of aromatic nitrogens is 3. The van der Waals surface area contributed by atoms with Gasteiger partial charge in [-0.25, -0.2) is 4.98 Å². The fraction of sp³-hybridized carbons (Fsp3) is 0.444. The van der Waals surface area contributed by atoms with Gasteiger partial charge in [-0.1, -0.05) is 0 Å². The minimum absolute atomic E-state index is 0.0730. The van der Waals surface area contributed by atoms with Crippen molar-refractivity contribution >= 4 is 11.7 Å². The van der Waals surface area contributed by atoms with E-state index >= 15 is 0 Å². The van der Waals surface area contributed by atoms with Crippen LogP contribution in [0.1, 0.15) is 34.5 Å². The average Bonchev–Trinajstić information content (AvgIpc) is 2.62. The molecule has 6 nitrogen and oxygen atoms in total. The molecule has 1 amide bonds. The Bertz CT molecular complexity index is 718. The summed E-state index contributed by atoms with van der Waals surface area (Å²) in [6.07, 6.45) is 9.79. The number of rotatable bonds is 4. The zero-order chi connectivity index (χ0) is 16.9. The fourth-order valence-corrected chi connectivity index (χ4v) is 3.27. The van der Waals surface area contributed by atoms with Gasteiger partial charge in [-0.15, -0.1) is 0 Å². The number of hydrogen-bond acceptors (Lipinski definition) is 5. The van der Waals surface area contributed by atoms with Crippen LogP contribution >= 0.6 is 0 Å². The van der Waals surface area contributed by atoms with Crippen LogP contribution in [0.15, 0.2) is 30.9 Å². The first-order valence-electron chi connectivity index (χ1n) is 8.36. The maximum Gasteiger partial charge on any atom is 0.255 e. The highest BCUT2D eigenvalue weighted by Crippen LogP contribution is 2.23. The molecule has 0 aliphatic carbocycles. The summed E-state index contributed by atoms with van der Waals surface area (Å²) in [7, 11) is 1.86. The van der Waals surface area contributed by atoms with E-state index in [1.807, 2.05) is 24.9 Å². The number of amides is 1. The van der Waals surface area contributed by atoms with Crippen molar-refractivity contribution < 1.29 is 4.79 Å². The van der Waals surface area contributed by atoms with Gasteiger partial charge in [-0.2, -0.15) is 0 Å². The molecule has 2 aromatic rings. The van der Waals surface area contributed by atoms with Gasteiger partial charge in [0.2, 0.25) is 0 Å². The summed E-state index contributed by atoms with van der Waals surface area (Å²) in [4.78, 5) is 27.6. The van der Waals surface area contributed by atoms with E-state index in [9.17, 15) is 4.79 Å². The number of carbonyl (C=O) groups is 1. The molecule has 1 aliphatic heterocycles. The Morgan fingerprint density at radius 2 is 2.17 bits per heavy atom. The maximum atomic E-state index is 12.7. The molecule has 1 saturated heterocycles. The number of aryl methyl sites for hydroxylation is 1. The lowest BCUT2D eigenvalue weighted by Crippen LogP contribution is -2.40. The van der Waals surface area contributed by atoms with Crippen molar-refractivity contribution in [3.8, 4) is 0 Å². The molecule has 126 valence electrons. The van der Waals surface area contributed by atoms with Gasteiger partial charge in [0.25, 0.3) is 5.91 Å². The van der Waals surface area contributed by atoms with Gasteiger partial charge in [-0.3, -0.25) is 14.8 Å². The highest BCUT2D eigenvalue weighted by Gasteiger charge is 2.25. The molecule has 0 spiro atoms. The normalized spacial score (nSPS) is 17.6. The molecule has 1 unspecified atom stereocenters. The number of pyridine rings is 1. The molecule has 0 bridgehead atoms. The standard InChI is InChI=1S/C18H23N5O/c1-13-8-15(11-20-10-13)18(24)23-7-3-4-14(12-23)9-16-17(19-2)22-6-5-21-16/h5-6,8,10-11,14H,3-4,7,9,12H2,1-2H3,(H,19,22). The van der Waals surface area contributed by atoms with E-state index in [2.05, 4.69) is 20.3 Å². The van der Waals surface area contributed by atoms with E-state index in [1.165, 1.54) is 0 Å². The summed E-state index contributed by atoms with van der Waals surface area (Å²) in [6.45, 7) is 3.52. The molecule has 1 atom stereocenters. The Labute approximate surface area is 142 Å². The van der Waals surface area contributed by atoms with Crippen molar-refractivity contribution in [2.45, 2.75) is 26.2 Å². The Kier molecular flexibility index (Phi) is 5.03. The topological polar surface area (TPSA) is 71.0 Å². The first-order chi connectivity index (χ1) is 11.7. The monoisotopic (exact) mass is 325 g/mol. The third kappa shape index (κ3) is 3.69. The predicted molar refractivity (Wildman–Crippen MR) is 92.9 cm³/mol. The zero-order valence-electron chi connectivity index (χ0n) is 14.2. The summed E-state index contributed by atoms with van der Waals surface area (Å²) < 4.78 is 0. The van der Waals surface area contributed by atoms with Crippen molar-refractivity contribution in [2.75, 3.05) is 25.5 Å². The highest BCUT2D eigenvalue weighted by atomic mass is 16.2. The molecule has 3 rings (SSSR count). The maximum absolute atomic E-state index is 12.7. The van der Waals surface area contributed by atoms with Crippen molar-refractivity contribution in [3.05, 3.63) is 47.7 Å². The van der Waals surface area contributed by atoms with Crippen LogP contribution < -0.4 is 5.32 Å². The SMILES string of the molecule is CNc1nccnc1CC1CCCN(C(=O)c2cncc(C)c2)C1. The van der Waals surface area contributed by atoms with Crippen LogP contribution in [0.4, 0.5) is 5.82 Å². The van der Waals surface area contributed by atoms with E-state index in [-0.39, 0.29) is 5.91 Å². The summed E-state index contributed by atoms with van der Waals surface area (Å²) in [5.74, 6) is 1.30. The molecular weight excluding hydrogens is 302 g/mol. The molecule has 1 aliphatic rings. The third-order valence-corrected chi connectivity index (χ3v) is 4.42. The minimum atomic E-state index is 0.0730. The summed E-state index contributed by atoms with van der Waals surface area (Å²) in [5.41, 5.74) is 2.65. The first kappa shape index (κ1) is 16.4. The second-order valence-corrected chi connectivity index (χ2v) is 6.32. The highest BCUT2D eigenvalue weighted by molar-refractivity contribution is 5.94. The van der Waals surface area contributed by atoms with Crippen molar-refractivity contribution in [1.29, 1.82) is 0 Å². The predicted octanol–water partition coefficient (Wildman–Crippen LogP) is 2.32. The molecule has 6 heteroatoms. The van der Waals surface area contributed by atoms with E-state index in [0.717, 1.165) is 49.4 Å². The zero-order valence-corrected chi connectivity index (χ0v) is 14.2. The van der Waals surface area contributed by atoms with Gasteiger partial charge >= 0.3 is 0 Å². The third-order valence-electron chi connectivity index (χ3n) is 4.42. The second-order valence-electron chi connectivity index (χ2n) is 6.32. The van der Waals surface area contributed by atoms with Crippen LogP contribution in [-0.2, 0) is 6.42 Å². The van der Waals surface area contributed by atoms with Crippen LogP contribution in [0.5, 0.6) is 0 Å². The number of anilines is 1. The van der Waals surface area contributed by atoms with Gasteiger partial charge in [0, 0.05) is 44.9 Å². The molecule has 2 aromatic heterocycles. The van der Waals surface area contributed by atoms with Crippen LogP contribution in [0.2, 0.25) is 0 Å². The number of hydrogen-bond donors (Lipinski definition) is 1. The summed E-state index contributed by atoms with van der Waals surface area (Å²) in [6, 6.07) is 1.90. The van der Waals surface area contributed by atoms with Crippen molar-refractivity contribution in [1.82, 2.24) is 19.9 Å². The fourth-order valence-electron chi connectivity index (χ4n) is 3.27. The van der Waals surface area contributed by atoms with Crippen molar-refractivity contribution in [3.63, 3.8) is 0 Å². The van der Waals surface area contributed by atoms with Gasteiger partial charge < -0.3 is 10.2 Å². The molecule has 0 radical (unpaired) electrons.